The number of ether oxygens (including phenoxy) is 1. The van der Waals surface area contributed by atoms with Gasteiger partial charge >= 0.3 is 0 Å². The Kier molecular flexibility index (Phi) is 6.90. The van der Waals surface area contributed by atoms with Crippen molar-refractivity contribution in [2.24, 2.45) is 0 Å². The van der Waals surface area contributed by atoms with E-state index in [1.165, 1.54) is 24.1 Å². The van der Waals surface area contributed by atoms with E-state index < -0.39 is 0 Å². The predicted octanol–water partition coefficient (Wildman–Crippen LogP) is 5.48. The van der Waals surface area contributed by atoms with Gasteiger partial charge in [0.25, 0.3) is 0 Å². The highest BCUT2D eigenvalue weighted by Crippen LogP contribution is 2.29. The Morgan fingerprint density at radius 2 is 2.03 bits per heavy atom. The second-order valence-corrected chi connectivity index (χ2v) is 8.56. The lowest BCUT2D eigenvalue weighted by Gasteiger charge is -2.34. The van der Waals surface area contributed by atoms with Gasteiger partial charge in [0.2, 0.25) is 17.5 Å². The van der Waals surface area contributed by atoms with E-state index >= 15 is 0 Å². The van der Waals surface area contributed by atoms with Gasteiger partial charge in [-0.3, -0.25) is 4.90 Å². The molecular formula is C22H23ClN4O2S. The number of likely N-dealkylation sites (tertiary alicyclic amines) is 1. The molecular weight excluding hydrogens is 420 g/mol. The van der Waals surface area contributed by atoms with E-state index in [0.717, 1.165) is 13.1 Å². The molecule has 1 aromatic carbocycles. The normalized spacial score (nSPS) is 15.5. The topological polar surface area (TPSA) is 74.3 Å². The zero-order valence-corrected chi connectivity index (χ0v) is 18.1. The van der Waals surface area contributed by atoms with Crippen molar-refractivity contribution >= 4 is 28.8 Å². The summed E-state index contributed by atoms with van der Waals surface area (Å²) in [5.41, 5.74) is 0.244. The summed E-state index contributed by atoms with van der Waals surface area (Å²) in [5.74, 6) is 1.41. The molecule has 3 heterocycles. The number of benzene rings is 1. The fourth-order valence-corrected chi connectivity index (χ4v) is 4.59. The molecule has 1 aliphatic heterocycles. The van der Waals surface area contributed by atoms with Crippen molar-refractivity contribution in [2.45, 2.75) is 31.9 Å². The fourth-order valence-electron chi connectivity index (χ4n) is 3.61. The highest BCUT2D eigenvalue weighted by molar-refractivity contribution is 7.10. The van der Waals surface area contributed by atoms with Crippen molar-refractivity contribution < 1.29 is 9.15 Å². The SMILES string of the molecule is N#Cc1nc(COc2ccc(Cl)cc2)oc1NC[C@@H](c1cccs1)N1CCCCC1. The van der Waals surface area contributed by atoms with Gasteiger partial charge < -0.3 is 14.5 Å². The third kappa shape index (κ3) is 5.14. The van der Waals surface area contributed by atoms with E-state index in [1.807, 2.05) is 0 Å². The van der Waals surface area contributed by atoms with Crippen LogP contribution in [0.4, 0.5) is 5.88 Å². The van der Waals surface area contributed by atoms with Gasteiger partial charge in [-0.05, 0) is 61.6 Å². The van der Waals surface area contributed by atoms with Crippen LogP contribution in [0, 0.1) is 11.3 Å². The minimum absolute atomic E-state index is 0.137. The van der Waals surface area contributed by atoms with Crippen molar-refractivity contribution in [3.63, 3.8) is 0 Å². The minimum Gasteiger partial charge on any atom is -0.484 e. The standard InChI is InChI=1S/C22H23ClN4O2S/c23-16-6-8-17(9-7-16)28-15-21-26-18(13-24)22(29-21)25-14-19(20-5-4-12-30-20)27-10-2-1-3-11-27/h4-9,12,19,25H,1-3,10-11,14-15H2/t19-/m0/s1. The molecule has 1 atom stereocenters. The van der Waals surface area contributed by atoms with Gasteiger partial charge in [0.1, 0.15) is 11.8 Å². The highest BCUT2D eigenvalue weighted by Gasteiger charge is 2.24. The van der Waals surface area contributed by atoms with E-state index in [0.29, 0.717) is 29.1 Å². The lowest BCUT2D eigenvalue weighted by Crippen LogP contribution is -2.36. The van der Waals surface area contributed by atoms with Crippen LogP contribution in [0.25, 0.3) is 0 Å². The number of hydrogen-bond acceptors (Lipinski definition) is 7. The molecule has 0 bridgehead atoms. The molecule has 1 N–H and O–H groups in total. The van der Waals surface area contributed by atoms with Crippen molar-refractivity contribution in [2.75, 3.05) is 25.0 Å². The molecule has 30 heavy (non-hydrogen) atoms. The molecule has 0 aliphatic carbocycles. The molecule has 3 aromatic rings. The van der Waals surface area contributed by atoms with Gasteiger partial charge in [-0.15, -0.1) is 11.3 Å². The van der Waals surface area contributed by atoms with Gasteiger partial charge in [-0.1, -0.05) is 24.1 Å². The number of aromatic nitrogens is 1. The summed E-state index contributed by atoms with van der Waals surface area (Å²) < 4.78 is 11.5. The van der Waals surface area contributed by atoms with Crippen LogP contribution in [0.5, 0.6) is 5.75 Å². The molecule has 1 aliphatic rings. The molecule has 0 radical (unpaired) electrons. The molecule has 2 aromatic heterocycles. The number of nitriles is 1. The molecule has 6 nitrogen and oxygen atoms in total. The number of nitrogens with one attached hydrogen (secondary N) is 1. The lowest BCUT2D eigenvalue weighted by atomic mass is 10.1. The first-order valence-electron chi connectivity index (χ1n) is 10.0. The summed E-state index contributed by atoms with van der Waals surface area (Å²) in [7, 11) is 0. The molecule has 0 amide bonds. The van der Waals surface area contributed by atoms with E-state index in [2.05, 4.69) is 38.8 Å². The summed E-state index contributed by atoms with van der Waals surface area (Å²) in [4.78, 5) is 8.09. The van der Waals surface area contributed by atoms with E-state index in [4.69, 9.17) is 20.8 Å². The van der Waals surface area contributed by atoms with E-state index in [9.17, 15) is 5.26 Å². The smallest absolute Gasteiger partial charge is 0.236 e. The molecule has 0 unspecified atom stereocenters. The van der Waals surface area contributed by atoms with Crippen molar-refractivity contribution in [1.82, 2.24) is 9.88 Å². The molecule has 156 valence electrons. The predicted molar refractivity (Wildman–Crippen MR) is 118 cm³/mol. The lowest BCUT2D eigenvalue weighted by molar-refractivity contribution is 0.172. The van der Waals surface area contributed by atoms with Crippen LogP contribution in [0.1, 0.15) is 41.8 Å². The van der Waals surface area contributed by atoms with Crippen LogP contribution in [-0.2, 0) is 6.61 Å². The molecule has 4 rings (SSSR count). The molecule has 8 heteroatoms. The maximum absolute atomic E-state index is 9.47. The summed E-state index contributed by atoms with van der Waals surface area (Å²) in [5, 5.41) is 15.5. The zero-order chi connectivity index (χ0) is 20.8. The van der Waals surface area contributed by atoms with Gasteiger partial charge in [0.15, 0.2) is 6.61 Å². The third-order valence-electron chi connectivity index (χ3n) is 5.11. The average Bonchev–Trinajstić information content (AvgIpc) is 3.44. The van der Waals surface area contributed by atoms with Crippen LogP contribution in [-0.4, -0.2) is 29.5 Å². The Morgan fingerprint density at radius 3 is 2.73 bits per heavy atom. The first-order valence-corrected chi connectivity index (χ1v) is 11.3. The van der Waals surface area contributed by atoms with E-state index in [1.54, 1.807) is 35.6 Å². The largest absolute Gasteiger partial charge is 0.484 e. The Labute approximate surface area is 185 Å². The van der Waals surface area contributed by atoms with Crippen LogP contribution >= 0.6 is 22.9 Å². The monoisotopic (exact) mass is 442 g/mol. The Hall–Kier alpha value is -2.53. The van der Waals surface area contributed by atoms with Crippen LogP contribution < -0.4 is 10.1 Å². The van der Waals surface area contributed by atoms with Crippen molar-refractivity contribution in [3.8, 4) is 11.8 Å². The fraction of sp³-hybridized carbons (Fsp3) is 0.364. The van der Waals surface area contributed by atoms with Crippen LogP contribution in [0.3, 0.4) is 0 Å². The van der Waals surface area contributed by atoms with E-state index in [-0.39, 0.29) is 18.3 Å². The van der Waals surface area contributed by atoms with Gasteiger partial charge in [-0.2, -0.15) is 10.2 Å². The quantitative estimate of drug-likeness (QED) is 0.498. The minimum atomic E-state index is 0.137. The second kappa shape index (κ2) is 9.98. The Morgan fingerprint density at radius 1 is 1.23 bits per heavy atom. The molecule has 1 fully saturated rings. The Bertz CT molecular complexity index is 976. The third-order valence-corrected chi connectivity index (χ3v) is 6.34. The average molecular weight is 443 g/mol. The van der Waals surface area contributed by atoms with Gasteiger partial charge in [-0.25, -0.2) is 0 Å². The first-order chi connectivity index (χ1) is 14.7. The number of nitrogens with zero attached hydrogens (tertiary/aromatic N) is 3. The number of thiophene rings is 1. The van der Waals surface area contributed by atoms with Crippen LogP contribution in [0.15, 0.2) is 46.2 Å². The zero-order valence-electron chi connectivity index (χ0n) is 16.5. The molecule has 1 saturated heterocycles. The number of anilines is 1. The number of halogens is 1. The number of rotatable bonds is 8. The number of oxazole rings is 1. The molecule has 0 saturated carbocycles. The maximum atomic E-state index is 9.47. The number of hydrogen-bond donors (Lipinski definition) is 1. The maximum Gasteiger partial charge on any atom is 0.236 e. The van der Waals surface area contributed by atoms with Gasteiger partial charge in [0.05, 0.1) is 6.04 Å². The second-order valence-electron chi connectivity index (χ2n) is 7.15. The first kappa shape index (κ1) is 20.7. The Balaban J connectivity index is 1.42. The summed E-state index contributed by atoms with van der Waals surface area (Å²) >= 11 is 7.65. The summed E-state index contributed by atoms with van der Waals surface area (Å²) in [6, 6.07) is 13.7. The van der Waals surface area contributed by atoms with Crippen molar-refractivity contribution in [3.05, 3.63) is 63.3 Å². The number of piperidine rings is 1. The summed E-state index contributed by atoms with van der Waals surface area (Å²) in [6.07, 6.45) is 3.73. The molecule has 0 spiro atoms. The van der Waals surface area contributed by atoms with Crippen molar-refractivity contribution in [1.29, 1.82) is 5.26 Å². The summed E-state index contributed by atoms with van der Waals surface area (Å²) in [6.45, 7) is 2.97. The van der Waals surface area contributed by atoms with Gasteiger partial charge in [0, 0.05) is 16.4 Å². The van der Waals surface area contributed by atoms with Crippen LogP contribution in [0.2, 0.25) is 5.02 Å². The highest BCUT2D eigenvalue weighted by atomic mass is 35.5.